The summed E-state index contributed by atoms with van der Waals surface area (Å²) >= 11 is 0. The smallest absolute Gasteiger partial charge is 0.211 e. The molecule has 0 radical (unpaired) electrons. The molecule has 0 spiro atoms. The summed E-state index contributed by atoms with van der Waals surface area (Å²) < 4.78 is 27.5. The molecular weight excluding hydrogens is 224 g/mol. The summed E-state index contributed by atoms with van der Waals surface area (Å²) in [4.78, 5) is 0. The van der Waals surface area contributed by atoms with Crippen LogP contribution in [0.3, 0.4) is 0 Å². The van der Waals surface area contributed by atoms with Crippen LogP contribution < -0.4 is 4.72 Å². The summed E-state index contributed by atoms with van der Waals surface area (Å²) in [5, 5.41) is 0. The van der Waals surface area contributed by atoms with E-state index in [0.717, 1.165) is 11.4 Å². The fraction of sp³-hybridized carbons (Fsp3) is 0.636. The van der Waals surface area contributed by atoms with Crippen molar-refractivity contribution in [3.8, 4) is 0 Å². The van der Waals surface area contributed by atoms with Crippen molar-refractivity contribution in [1.29, 1.82) is 0 Å². The SMILES string of the molecule is CCCS(=O)(=O)NCCn1c(C)ccc1C. The summed E-state index contributed by atoms with van der Waals surface area (Å²) in [6.07, 6.45) is 0.650. The van der Waals surface area contributed by atoms with Gasteiger partial charge in [-0.3, -0.25) is 0 Å². The molecule has 0 aliphatic heterocycles. The Morgan fingerprint density at radius 2 is 1.81 bits per heavy atom. The standard InChI is InChI=1S/C11H20N2O2S/c1-4-9-16(14,15)12-7-8-13-10(2)5-6-11(13)3/h5-6,12H,4,7-9H2,1-3H3. The van der Waals surface area contributed by atoms with Gasteiger partial charge in [-0.25, -0.2) is 13.1 Å². The third-order valence-electron chi connectivity index (χ3n) is 2.55. The molecule has 1 heterocycles. The van der Waals surface area contributed by atoms with Crippen LogP contribution in [0.5, 0.6) is 0 Å². The fourth-order valence-corrected chi connectivity index (χ4v) is 2.79. The maximum absolute atomic E-state index is 11.4. The molecule has 1 N–H and O–H groups in total. The highest BCUT2D eigenvalue weighted by Crippen LogP contribution is 2.06. The van der Waals surface area contributed by atoms with Crippen LogP contribution in [0.1, 0.15) is 24.7 Å². The highest BCUT2D eigenvalue weighted by molar-refractivity contribution is 7.89. The van der Waals surface area contributed by atoms with Crippen LogP contribution in [0, 0.1) is 13.8 Å². The van der Waals surface area contributed by atoms with Crippen molar-refractivity contribution >= 4 is 10.0 Å². The van der Waals surface area contributed by atoms with E-state index in [-0.39, 0.29) is 5.75 Å². The summed E-state index contributed by atoms with van der Waals surface area (Å²) in [7, 11) is -3.07. The Morgan fingerprint density at radius 1 is 1.25 bits per heavy atom. The molecule has 16 heavy (non-hydrogen) atoms. The first-order chi connectivity index (χ1) is 7.46. The predicted molar refractivity (Wildman–Crippen MR) is 66.0 cm³/mol. The number of nitrogens with zero attached hydrogens (tertiary/aromatic N) is 1. The van der Waals surface area contributed by atoms with E-state index in [4.69, 9.17) is 0 Å². The second kappa shape index (κ2) is 5.50. The van der Waals surface area contributed by atoms with Gasteiger partial charge in [0, 0.05) is 24.5 Å². The third-order valence-corrected chi connectivity index (χ3v) is 4.14. The van der Waals surface area contributed by atoms with E-state index < -0.39 is 10.0 Å². The van der Waals surface area contributed by atoms with E-state index in [2.05, 4.69) is 9.29 Å². The number of aryl methyl sites for hydroxylation is 2. The quantitative estimate of drug-likeness (QED) is 0.823. The highest BCUT2D eigenvalue weighted by Gasteiger charge is 2.08. The van der Waals surface area contributed by atoms with Crippen LogP contribution in [0.4, 0.5) is 0 Å². The van der Waals surface area contributed by atoms with Gasteiger partial charge in [0.2, 0.25) is 10.0 Å². The number of hydrogen-bond acceptors (Lipinski definition) is 2. The fourth-order valence-electron chi connectivity index (χ4n) is 1.71. The molecule has 0 bridgehead atoms. The zero-order chi connectivity index (χ0) is 12.2. The average molecular weight is 244 g/mol. The molecule has 0 atom stereocenters. The molecule has 4 nitrogen and oxygen atoms in total. The summed E-state index contributed by atoms with van der Waals surface area (Å²) in [6.45, 7) is 7.05. The van der Waals surface area contributed by atoms with Gasteiger partial charge in [-0.05, 0) is 32.4 Å². The second-order valence-electron chi connectivity index (χ2n) is 3.98. The molecule has 5 heteroatoms. The van der Waals surface area contributed by atoms with Crippen molar-refractivity contribution in [2.75, 3.05) is 12.3 Å². The van der Waals surface area contributed by atoms with Crippen LogP contribution in [-0.2, 0) is 16.6 Å². The largest absolute Gasteiger partial charge is 0.348 e. The minimum absolute atomic E-state index is 0.205. The van der Waals surface area contributed by atoms with Gasteiger partial charge in [-0.2, -0.15) is 0 Å². The van der Waals surface area contributed by atoms with E-state index in [1.54, 1.807) is 0 Å². The normalized spacial score (nSPS) is 11.9. The van der Waals surface area contributed by atoms with Gasteiger partial charge < -0.3 is 4.57 Å². The van der Waals surface area contributed by atoms with Gasteiger partial charge in [-0.1, -0.05) is 6.92 Å². The van der Waals surface area contributed by atoms with Gasteiger partial charge >= 0.3 is 0 Å². The van der Waals surface area contributed by atoms with Gasteiger partial charge in [0.05, 0.1) is 5.75 Å². The monoisotopic (exact) mass is 244 g/mol. The van der Waals surface area contributed by atoms with E-state index in [9.17, 15) is 8.42 Å². The Labute approximate surface area is 97.7 Å². The first-order valence-electron chi connectivity index (χ1n) is 5.56. The first kappa shape index (κ1) is 13.3. The summed E-state index contributed by atoms with van der Waals surface area (Å²) in [6, 6.07) is 4.08. The third kappa shape index (κ3) is 3.64. The molecule has 0 saturated heterocycles. The number of aromatic nitrogens is 1. The summed E-state index contributed by atoms with van der Waals surface area (Å²) in [5.74, 6) is 0.205. The van der Waals surface area contributed by atoms with Gasteiger partial charge in [-0.15, -0.1) is 0 Å². The first-order valence-corrected chi connectivity index (χ1v) is 7.21. The number of rotatable bonds is 6. The van der Waals surface area contributed by atoms with Crippen molar-refractivity contribution in [2.45, 2.75) is 33.7 Å². The summed E-state index contributed by atoms with van der Waals surface area (Å²) in [5.41, 5.74) is 2.32. The minimum Gasteiger partial charge on any atom is -0.348 e. The van der Waals surface area contributed by atoms with Gasteiger partial charge in [0.15, 0.2) is 0 Å². The molecule has 1 rings (SSSR count). The average Bonchev–Trinajstić information content (AvgIpc) is 2.48. The predicted octanol–water partition coefficient (Wildman–Crippen LogP) is 1.43. The molecule has 92 valence electrons. The molecule has 0 aliphatic rings. The highest BCUT2D eigenvalue weighted by atomic mass is 32.2. The molecule has 0 aromatic carbocycles. The lowest BCUT2D eigenvalue weighted by molar-refractivity contribution is 0.568. The van der Waals surface area contributed by atoms with Crippen LogP contribution in [0.15, 0.2) is 12.1 Å². The maximum atomic E-state index is 11.4. The lowest BCUT2D eigenvalue weighted by Crippen LogP contribution is -2.29. The molecule has 1 aromatic rings. The number of hydrogen-bond donors (Lipinski definition) is 1. The Bertz CT molecular complexity index is 415. The Kier molecular flexibility index (Phi) is 4.56. The molecule has 0 fully saturated rings. The minimum atomic E-state index is -3.07. The molecule has 0 amide bonds. The van der Waals surface area contributed by atoms with Gasteiger partial charge in [0.1, 0.15) is 0 Å². The molecule has 0 aliphatic carbocycles. The zero-order valence-corrected chi connectivity index (χ0v) is 11.0. The van der Waals surface area contributed by atoms with Crippen molar-refractivity contribution in [1.82, 2.24) is 9.29 Å². The van der Waals surface area contributed by atoms with E-state index in [0.29, 0.717) is 19.5 Å². The lowest BCUT2D eigenvalue weighted by Gasteiger charge is -2.10. The van der Waals surface area contributed by atoms with Crippen molar-refractivity contribution < 1.29 is 8.42 Å². The Balaban J connectivity index is 2.48. The van der Waals surface area contributed by atoms with E-state index in [1.165, 1.54) is 0 Å². The second-order valence-corrected chi connectivity index (χ2v) is 5.91. The molecule has 0 saturated carbocycles. The van der Waals surface area contributed by atoms with Crippen LogP contribution >= 0.6 is 0 Å². The van der Waals surface area contributed by atoms with E-state index >= 15 is 0 Å². The molecule has 1 aromatic heterocycles. The van der Waals surface area contributed by atoms with Crippen molar-refractivity contribution in [2.24, 2.45) is 0 Å². The van der Waals surface area contributed by atoms with Gasteiger partial charge in [0.25, 0.3) is 0 Å². The topological polar surface area (TPSA) is 51.1 Å². The Hall–Kier alpha value is -0.810. The molecular formula is C11H20N2O2S. The zero-order valence-electron chi connectivity index (χ0n) is 10.2. The maximum Gasteiger partial charge on any atom is 0.211 e. The number of sulfonamides is 1. The Morgan fingerprint density at radius 3 is 2.31 bits per heavy atom. The van der Waals surface area contributed by atoms with Crippen molar-refractivity contribution in [3.63, 3.8) is 0 Å². The van der Waals surface area contributed by atoms with Crippen LogP contribution in [0.25, 0.3) is 0 Å². The van der Waals surface area contributed by atoms with E-state index in [1.807, 2.05) is 32.9 Å². The van der Waals surface area contributed by atoms with Crippen LogP contribution in [-0.4, -0.2) is 25.3 Å². The van der Waals surface area contributed by atoms with Crippen LogP contribution in [0.2, 0.25) is 0 Å². The number of nitrogens with one attached hydrogen (secondary N) is 1. The lowest BCUT2D eigenvalue weighted by atomic mass is 10.5. The molecule has 0 unspecified atom stereocenters. The van der Waals surface area contributed by atoms with Crippen molar-refractivity contribution in [3.05, 3.63) is 23.5 Å².